The van der Waals surface area contributed by atoms with Crippen molar-refractivity contribution < 1.29 is 4.79 Å². The third-order valence-corrected chi connectivity index (χ3v) is 6.67. The van der Waals surface area contributed by atoms with Crippen LogP contribution in [-0.4, -0.2) is 39.8 Å². The van der Waals surface area contributed by atoms with E-state index in [0.29, 0.717) is 11.5 Å². The molecule has 39 heavy (non-hydrogen) atoms. The fourth-order valence-corrected chi connectivity index (χ4v) is 4.59. The molecule has 0 spiro atoms. The third kappa shape index (κ3) is 4.16. The predicted molar refractivity (Wildman–Crippen MR) is 148 cm³/mol. The molecule has 0 radical (unpaired) electrons. The average Bonchev–Trinajstić information content (AvgIpc) is 3.60. The van der Waals surface area contributed by atoms with E-state index in [4.69, 9.17) is 10.7 Å². The van der Waals surface area contributed by atoms with E-state index < -0.39 is 6.04 Å². The van der Waals surface area contributed by atoms with Gasteiger partial charge < -0.3 is 11.1 Å². The lowest BCUT2D eigenvalue weighted by atomic mass is 10.1. The number of imidazole rings is 1. The lowest BCUT2D eigenvalue weighted by Crippen LogP contribution is -2.29. The van der Waals surface area contributed by atoms with E-state index in [1.165, 1.54) is 4.52 Å². The van der Waals surface area contributed by atoms with Crippen molar-refractivity contribution in [3.05, 3.63) is 101 Å². The van der Waals surface area contributed by atoms with Gasteiger partial charge in [0, 0.05) is 25.1 Å². The van der Waals surface area contributed by atoms with Gasteiger partial charge in [0.2, 0.25) is 0 Å². The summed E-state index contributed by atoms with van der Waals surface area (Å²) in [6.07, 6.45) is 5.06. The topological polar surface area (TPSA) is 121 Å². The Labute approximate surface area is 224 Å². The van der Waals surface area contributed by atoms with E-state index in [0.717, 1.165) is 33.5 Å². The Morgan fingerprint density at radius 1 is 1.05 bits per heavy atom. The summed E-state index contributed by atoms with van der Waals surface area (Å²) in [5, 5.41) is 11.5. The van der Waals surface area contributed by atoms with E-state index in [9.17, 15) is 4.79 Å². The van der Waals surface area contributed by atoms with E-state index in [1.807, 2.05) is 74.0 Å². The summed E-state index contributed by atoms with van der Waals surface area (Å²) in [6, 6.07) is 17.0. The first-order valence-electron chi connectivity index (χ1n) is 12.4. The molecule has 0 unspecified atom stereocenters. The maximum absolute atomic E-state index is 13.4. The number of benzene rings is 2. The molecule has 3 N–H and O–H groups in total. The fourth-order valence-electron chi connectivity index (χ4n) is 4.59. The second-order valence-electron chi connectivity index (χ2n) is 9.17. The normalized spacial score (nSPS) is 11.9. The van der Waals surface area contributed by atoms with Crippen molar-refractivity contribution in [3.8, 4) is 17.5 Å². The quantitative estimate of drug-likeness (QED) is 0.346. The Hall–Kier alpha value is -5.43. The number of rotatable bonds is 4. The van der Waals surface area contributed by atoms with Gasteiger partial charge in [-0.3, -0.25) is 14.0 Å². The molecule has 4 heterocycles. The number of fused-ring (bicyclic) bond motifs is 2. The van der Waals surface area contributed by atoms with Crippen molar-refractivity contribution in [3.63, 3.8) is 0 Å². The van der Waals surface area contributed by atoms with Crippen LogP contribution in [0.5, 0.6) is 0 Å². The van der Waals surface area contributed by atoms with E-state index in [1.54, 1.807) is 29.3 Å². The van der Waals surface area contributed by atoms with Crippen LogP contribution in [0, 0.1) is 18.8 Å². The van der Waals surface area contributed by atoms with Gasteiger partial charge in [-0.1, -0.05) is 36.1 Å². The van der Waals surface area contributed by atoms with Crippen LogP contribution in [-0.2, 0) is 7.05 Å². The summed E-state index contributed by atoms with van der Waals surface area (Å²) in [5.41, 5.74) is 11.9. The summed E-state index contributed by atoms with van der Waals surface area (Å²) in [5.74, 6) is 6.96. The Morgan fingerprint density at radius 3 is 2.62 bits per heavy atom. The molecule has 6 aromatic rings. The van der Waals surface area contributed by atoms with Gasteiger partial charge in [0.1, 0.15) is 11.4 Å². The molecular weight excluding hydrogens is 490 g/mol. The number of aryl methyl sites for hydroxylation is 1. The average molecular weight is 516 g/mol. The summed E-state index contributed by atoms with van der Waals surface area (Å²) in [4.78, 5) is 22.6. The first-order chi connectivity index (χ1) is 18.9. The van der Waals surface area contributed by atoms with Gasteiger partial charge in [-0.15, -0.1) is 5.10 Å². The maximum atomic E-state index is 13.4. The highest BCUT2D eigenvalue weighted by Gasteiger charge is 2.25. The van der Waals surface area contributed by atoms with Crippen molar-refractivity contribution in [2.45, 2.75) is 19.9 Å². The summed E-state index contributed by atoms with van der Waals surface area (Å²) in [7, 11) is 1.89. The Morgan fingerprint density at radius 2 is 1.85 bits per heavy atom. The fraction of sp³-hybridized carbons (Fsp3) is 0.138. The standard InChI is InChI=1S/C29H25N9O/c1-18(33-29(39)24-26(30)35-37-16-8-15-31-28(24)37)27-34-23-12-7-9-20(13-14-21-17-32-36(3)19(21)2)25(23)38(27)22-10-5-4-6-11-22/h4-12,15-18H,1-3H3,(H2,30,35)(H,33,39)/t18-/m0/s1. The Balaban J connectivity index is 1.46. The number of hydrogen-bond acceptors (Lipinski definition) is 6. The molecule has 0 saturated heterocycles. The van der Waals surface area contributed by atoms with E-state index >= 15 is 0 Å². The Kier molecular flexibility index (Phi) is 5.81. The summed E-state index contributed by atoms with van der Waals surface area (Å²) in [6.45, 7) is 3.87. The second-order valence-corrected chi connectivity index (χ2v) is 9.17. The Bertz CT molecular complexity index is 1920. The molecule has 10 nitrogen and oxygen atoms in total. The van der Waals surface area contributed by atoms with Crippen molar-refractivity contribution in [2.75, 3.05) is 5.73 Å². The van der Waals surface area contributed by atoms with Gasteiger partial charge in [-0.25, -0.2) is 14.5 Å². The highest BCUT2D eigenvalue weighted by Crippen LogP contribution is 2.28. The van der Waals surface area contributed by atoms with Crippen LogP contribution >= 0.6 is 0 Å². The van der Waals surface area contributed by atoms with Crippen LogP contribution in [0.3, 0.4) is 0 Å². The van der Waals surface area contributed by atoms with Crippen molar-refractivity contribution >= 4 is 28.4 Å². The second kappa shape index (κ2) is 9.46. The molecule has 1 amide bonds. The van der Waals surface area contributed by atoms with Crippen molar-refractivity contribution in [2.24, 2.45) is 7.05 Å². The van der Waals surface area contributed by atoms with Gasteiger partial charge >= 0.3 is 0 Å². The number of nitrogens with two attached hydrogens (primary N) is 1. The van der Waals surface area contributed by atoms with Gasteiger partial charge in [0.05, 0.1) is 40.1 Å². The van der Waals surface area contributed by atoms with Gasteiger partial charge in [-0.05, 0) is 44.2 Å². The molecule has 0 saturated carbocycles. The van der Waals surface area contributed by atoms with E-state index in [2.05, 4.69) is 32.3 Å². The number of carbonyl (C=O) groups excluding carboxylic acids is 1. The lowest BCUT2D eigenvalue weighted by Gasteiger charge is -2.16. The molecule has 192 valence electrons. The minimum Gasteiger partial charge on any atom is -0.381 e. The number of nitrogens with one attached hydrogen (secondary N) is 1. The number of anilines is 1. The predicted octanol–water partition coefficient (Wildman–Crippen LogP) is 3.58. The first kappa shape index (κ1) is 23.9. The minimum absolute atomic E-state index is 0.109. The monoisotopic (exact) mass is 515 g/mol. The number of amides is 1. The molecule has 0 aliphatic rings. The van der Waals surface area contributed by atoms with Crippen LogP contribution in [0.4, 0.5) is 5.82 Å². The largest absolute Gasteiger partial charge is 0.381 e. The highest BCUT2D eigenvalue weighted by molar-refractivity contribution is 6.04. The molecule has 1 atom stereocenters. The summed E-state index contributed by atoms with van der Waals surface area (Å²) >= 11 is 0. The number of para-hydroxylation sites is 2. The number of nitrogens with zero attached hydrogens (tertiary/aromatic N) is 7. The maximum Gasteiger partial charge on any atom is 0.259 e. The van der Waals surface area contributed by atoms with Gasteiger partial charge in [0.25, 0.3) is 5.91 Å². The zero-order chi connectivity index (χ0) is 27.1. The van der Waals surface area contributed by atoms with Crippen LogP contribution < -0.4 is 11.1 Å². The summed E-state index contributed by atoms with van der Waals surface area (Å²) < 4.78 is 5.33. The molecular formula is C29H25N9O. The van der Waals surface area contributed by atoms with Crippen LogP contribution in [0.2, 0.25) is 0 Å². The van der Waals surface area contributed by atoms with Crippen LogP contribution in [0.25, 0.3) is 22.4 Å². The molecule has 10 heteroatoms. The SMILES string of the molecule is Cc1c(C#Cc2cccc3nc([C@H](C)NC(=O)c4c(N)nn5cccnc45)n(-c4ccccc4)c23)cnn1C. The van der Waals surface area contributed by atoms with E-state index in [-0.39, 0.29) is 17.3 Å². The number of aromatic nitrogens is 7. The zero-order valence-electron chi connectivity index (χ0n) is 21.6. The molecule has 6 rings (SSSR count). The zero-order valence-corrected chi connectivity index (χ0v) is 21.6. The van der Waals surface area contributed by atoms with Crippen molar-refractivity contribution in [1.82, 2.24) is 39.2 Å². The van der Waals surface area contributed by atoms with Crippen LogP contribution in [0.15, 0.2) is 73.2 Å². The minimum atomic E-state index is -0.482. The molecule has 0 aliphatic heterocycles. The van der Waals surface area contributed by atoms with Crippen molar-refractivity contribution in [1.29, 1.82) is 0 Å². The first-order valence-corrected chi connectivity index (χ1v) is 12.4. The molecule has 4 aromatic heterocycles. The van der Waals surface area contributed by atoms with Gasteiger partial charge in [0.15, 0.2) is 11.5 Å². The molecule has 2 aromatic carbocycles. The molecule has 0 aliphatic carbocycles. The van der Waals surface area contributed by atoms with Gasteiger partial charge in [-0.2, -0.15) is 5.10 Å². The number of nitrogen functional groups attached to an aromatic ring is 1. The number of hydrogen-bond donors (Lipinski definition) is 2. The smallest absolute Gasteiger partial charge is 0.259 e. The molecule has 0 bridgehead atoms. The van der Waals surface area contributed by atoms with Crippen LogP contribution in [0.1, 0.15) is 46.0 Å². The number of carbonyl (C=O) groups is 1. The molecule has 0 fully saturated rings. The lowest BCUT2D eigenvalue weighted by molar-refractivity contribution is 0.0940. The third-order valence-electron chi connectivity index (χ3n) is 6.67. The highest BCUT2D eigenvalue weighted by atomic mass is 16.1.